The number of fused-ring (bicyclic) bond motifs is 1. The molecule has 4 aromatic carbocycles. The molecule has 5 aromatic rings. The van der Waals surface area contributed by atoms with E-state index in [1.54, 1.807) is 6.08 Å². The van der Waals surface area contributed by atoms with Crippen molar-refractivity contribution in [2.45, 2.75) is 19.3 Å². The largest absolute Gasteiger partial charge is 0.347 e. The second-order valence-corrected chi connectivity index (χ2v) is 13.2. The molecule has 2 heterocycles. The van der Waals surface area contributed by atoms with Crippen LogP contribution in [0, 0.1) is 10.2 Å². The number of anilines is 1. The molecule has 0 bridgehead atoms. The summed E-state index contributed by atoms with van der Waals surface area (Å²) >= 11 is 0. The first-order valence-corrected chi connectivity index (χ1v) is 17.2. The second kappa shape index (κ2) is 14.2. The first-order valence-electron chi connectivity index (χ1n) is 16.0. The van der Waals surface area contributed by atoms with Gasteiger partial charge in [-0.3, -0.25) is 4.79 Å². The quantitative estimate of drug-likeness (QED) is 0.200. The van der Waals surface area contributed by atoms with Crippen LogP contribution in [0.15, 0.2) is 169 Å². The molecule has 0 radical (unpaired) electrons. The van der Waals surface area contributed by atoms with Gasteiger partial charge in [0.15, 0.2) is 5.78 Å². The van der Waals surface area contributed by atoms with Crippen molar-refractivity contribution < 1.29 is 38.2 Å². The Morgan fingerprint density at radius 1 is 0.640 bits per heavy atom. The molecule has 1 aliphatic carbocycles. The fraction of sp³-hybridized carbons (Fsp3) is 0.0952. The Balaban J connectivity index is 0.000000808. The summed E-state index contributed by atoms with van der Waals surface area (Å²) in [5, 5.41) is 0. The van der Waals surface area contributed by atoms with Gasteiger partial charge in [0.25, 0.3) is 0 Å². The van der Waals surface area contributed by atoms with E-state index < -0.39 is 10.2 Å². The number of hydrogen-bond donors (Lipinski definition) is 0. The highest BCUT2D eigenvalue weighted by Gasteiger charge is 2.38. The van der Waals surface area contributed by atoms with E-state index in [1.165, 1.54) is 11.3 Å². The Morgan fingerprint density at radius 3 is 1.64 bits per heavy atom. The van der Waals surface area contributed by atoms with Crippen molar-refractivity contribution in [2.24, 2.45) is 0 Å². The van der Waals surface area contributed by atoms with Crippen LogP contribution in [0.1, 0.15) is 19.4 Å². The molecule has 0 N–H and O–H groups in total. The second-order valence-electron chi connectivity index (χ2n) is 12.5. The summed E-state index contributed by atoms with van der Waals surface area (Å²) < 4.78 is 36.3. The summed E-state index contributed by atoms with van der Waals surface area (Å²) in [5.41, 5.74) is 11.6. The van der Waals surface area contributed by atoms with Crippen molar-refractivity contribution in [3.63, 3.8) is 0 Å². The predicted octanol–water partition coefficient (Wildman–Crippen LogP) is 4.44. The summed E-state index contributed by atoms with van der Waals surface area (Å²) in [6.07, 6.45) is 9.75. The molecule has 50 heavy (non-hydrogen) atoms. The average Bonchev–Trinajstić information content (AvgIpc) is 3.31. The van der Waals surface area contributed by atoms with Crippen molar-refractivity contribution in [1.29, 1.82) is 0 Å². The van der Waals surface area contributed by atoms with Crippen molar-refractivity contribution in [1.82, 2.24) is 0 Å². The molecule has 0 amide bonds. The van der Waals surface area contributed by atoms with Gasteiger partial charge in [-0.25, -0.2) is 18.6 Å². The van der Waals surface area contributed by atoms with Crippen LogP contribution >= 0.6 is 0 Å². The van der Waals surface area contributed by atoms with Gasteiger partial charge in [-0.2, -0.15) is 4.57 Å². The maximum Gasteiger partial charge on any atom is 0.219 e. The number of carbonyl (C=O) groups is 1. The number of likely N-dealkylation sites (N-methyl/N-ethyl adjacent to an activating group) is 1. The molecular weight excluding hydrogens is 648 g/mol. The molecule has 0 saturated heterocycles. The summed E-state index contributed by atoms with van der Waals surface area (Å²) in [4.78, 5) is 15.6. The summed E-state index contributed by atoms with van der Waals surface area (Å²) in [7, 11) is -2.84. The van der Waals surface area contributed by atoms with Gasteiger partial charge >= 0.3 is 0 Å². The lowest BCUT2D eigenvalue weighted by molar-refractivity contribution is -2.00. The number of pyridine rings is 1. The standard InChI is InChI=1S/C42H35N2O.ClHO4/c1-42(2)36-21-13-14-22-37(36)43(3)41(42)26-23-33-27-35(24-25-40(33)45)44-38(31-17-9-5-10-18-31)28-34(30-15-7-4-8-16-30)29-39(44)32-19-11-6-12-20-32;2-1(3,4)5/h4-29H,1-3H3;(H,2,3,4,5)/q+1;/p-1/b33-23-,41-26-;. The molecule has 2 aliphatic rings. The van der Waals surface area contributed by atoms with E-state index in [2.05, 4.69) is 146 Å². The number of ketones is 1. The van der Waals surface area contributed by atoms with Crippen LogP contribution in [0.3, 0.4) is 0 Å². The molecule has 7 rings (SSSR count). The monoisotopic (exact) mass is 682 g/mol. The number of rotatable bonds is 5. The van der Waals surface area contributed by atoms with Gasteiger partial charge in [0.05, 0.1) is 0 Å². The molecule has 8 heteroatoms. The van der Waals surface area contributed by atoms with Gasteiger partial charge in [0.1, 0.15) is 0 Å². The third-order valence-corrected chi connectivity index (χ3v) is 8.93. The lowest BCUT2D eigenvalue weighted by Crippen LogP contribution is -2.68. The molecule has 1 aliphatic heterocycles. The molecule has 0 atom stereocenters. The highest BCUT2D eigenvalue weighted by atomic mass is 35.7. The number of benzene rings is 4. The van der Waals surface area contributed by atoms with E-state index in [-0.39, 0.29) is 11.2 Å². The number of hydrogen-bond acceptors (Lipinski definition) is 6. The Kier molecular flexibility index (Phi) is 9.79. The minimum atomic E-state index is -4.94. The van der Waals surface area contributed by atoms with E-state index >= 15 is 0 Å². The van der Waals surface area contributed by atoms with Crippen molar-refractivity contribution in [3.05, 3.63) is 175 Å². The zero-order valence-corrected chi connectivity index (χ0v) is 28.6. The SMILES string of the molecule is CN1/C(=C\C=C2\C=C([n+]3c(-c4ccccc4)cc(-c4ccccc4)cc3-c3ccccc3)C=CC2=O)C(C)(C)c2ccccc21.[O-][Cl+3]([O-])([O-])[O-]. The van der Waals surface area contributed by atoms with Gasteiger partial charge in [-0.15, -0.1) is 10.2 Å². The lowest BCUT2D eigenvalue weighted by Gasteiger charge is -2.23. The number of para-hydroxylation sites is 1. The summed E-state index contributed by atoms with van der Waals surface area (Å²) in [6.45, 7) is 4.48. The summed E-state index contributed by atoms with van der Waals surface area (Å²) in [5.74, 6) is -0.00408. The average molecular weight is 683 g/mol. The van der Waals surface area contributed by atoms with Crippen LogP contribution in [0.5, 0.6) is 0 Å². The van der Waals surface area contributed by atoms with Gasteiger partial charge in [0, 0.05) is 64.8 Å². The molecule has 0 unspecified atom stereocenters. The Labute approximate surface area is 294 Å². The van der Waals surface area contributed by atoms with E-state index in [9.17, 15) is 4.79 Å². The minimum absolute atomic E-state index is 0.00408. The van der Waals surface area contributed by atoms with E-state index in [4.69, 9.17) is 18.6 Å². The Morgan fingerprint density at radius 2 is 1.12 bits per heavy atom. The highest BCUT2D eigenvalue weighted by Crippen LogP contribution is 2.46. The third-order valence-electron chi connectivity index (χ3n) is 8.93. The molecule has 250 valence electrons. The molecule has 7 nitrogen and oxygen atoms in total. The Hall–Kier alpha value is -5.41. The number of carbonyl (C=O) groups excluding carboxylic acids is 1. The maximum absolute atomic E-state index is 13.3. The van der Waals surface area contributed by atoms with Crippen molar-refractivity contribution in [2.75, 3.05) is 11.9 Å². The van der Waals surface area contributed by atoms with E-state index in [0.29, 0.717) is 5.57 Å². The molecule has 0 fully saturated rings. The van der Waals surface area contributed by atoms with Crippen molar-refractivity contribution >= 4 is 17.2 Å². The zero-order chi connectivity index (χ0) is 35.5. The minimum Gasteiger partial charge on any atom is -0.347 e. The summed E-state index contributed by atoms with van der Waals surface area (Å²) in [6, 6.07) is 44.4. The maximum atomic E-state index is 13.3. The van der Waals surface area contributed by atoms with Gasteiger partial charge < -0.3 is 4.90 Å². The third kappa shape index (κ3) is 7.43. The molecule has 0 spiro atoms. The fourth-order valence-corrected chi connectivity index (χ4v) is 6.59. The number of nitrogens with zero attached hydrogens (tertiary/aromatic N) is 2. The smallest absolute Gasteiger partial charge is 0.219 e. The number of halogens is 1. The van der Waals surface area contributed by atoms with E-state index in [1.807, 2.05) is 36.4 Å². The topological polar surface area (TPSA) is 116 Å². The molecule has 1 aromatic heterocycles. The van der Waals surface area contributed by atoms with Crippen LogP contribution in [0.4, 0.5) is 5.69 Å². The highest BCUT2D eigenvalue weighted by molar-refractivity contribution is 6.10. The van der Waals surface area contributed by atoms with Crippen LogP contribution < -0.4 is 28.1 Å². The lowest BCUT2D eigenvalue weighted by atomic mass is 9.83. The van der Waals surface area contributed by atoms with Crippen LogP contribution in [-0.2, 0) is 10.2 Å². The van der Waals surface area contributed by atoms with E-state index in [0.717, 1.165) is 45.0 Å². The first-order chi connectivity index (χ1) is 23.9. The van der Waals surface area contributed by atoms with Crippen LogP contribution in [-0.4, -0.2) is 12.8 Å². The Bertz CT molecular complexity index is 2080. The molecule has 0 saturated carbocycles. The van der Waals surface area contributed by atoms with Crippen molar-refractivity contribution in [3.8, 4) is 33.6 Å². The van der Waals surface area contributed by atoms with Gasteiger partial charge in [-0.1, -0.05) is 98.8 Å². The van der Waals surface area contributed by atoms with Gasteiger partial charge in [0.2, 0.25) is 17.1 Å². The normalized spacial score (nSPS) is 16.6. The number of aromatic nitrogens is 1. The first kappa shape index (κ1) is 34.5. The molecular formula is C42H35ClN2O5. The fourth-order valence-electron chi connectivity index (χ4n) is 6.59. The van der Waals surface area contributed by atoms with Crippen LogP contribution in [0.25, 0.3) is 39.3 Å². The number of allylic oxidation sites excluding steroid dienone is 8. The predicted molar refractivity (Wildman–Crippen MR) is 185 cm³/mol. The van der Waals surface area contributed by atoms with Crippen LogP contribution in [0.2, 0.25) is 0 Å². The zero-order valence-electron chi connectivity index (χ0n) is 27.8. The van der Waals surface area contributed by atoms with Gasteiger partial charge in [-0.05, 0) is 65.3 Å².